The molecule has 9 heteroatoms. The van der Waals surface area contributed by atoms with Gasteiger partial charge in [-0.25, -0.2) is 5.01 Å². The van der Waals surface area contributed by atoms with Gasteiger partial charge in [-0.1, -0.05) is 29.8 Å². The highest BCUT2D eigenvalue weighted by Gasteiger charge is 2.35. The molecular formula is C25H21ClN2O6. The van der Waals surface area contributed by atoms with Gasteiger partial charge in [0.25, 0.3) is 5.91 Å². The maximum atomic E-state index is 12.9. The van der Waals surface area contributed by atoms with Crippen LogP contribution in [0.25, 0.3) is 0 Å². The molecule has 8 nitrogen and oxygen atoms in total. The highest BCUT2D eigenvalue weighted by atomic mass is 35.5. The fourth-order valence-corrected chi connectivity index (χ4v) is 4.01. The first-order chi connectivity index (χ1) is 16.6. The van der Waals surface area contributed by atoms with Crippen molar-refractivity contribution in [3.8, 4) is 11.5 Å². The lowest BCUT2D eigenvalue weighted by Gasteiger charge is -2.19. The highest BCUT2D eigenvalue weighted by molar-refractivity contribution is 6.30. The van der Waals surface area contributed by atoms with Crippen LogP contribution in [0.1, 0.15) is 35.8 Å². The minimum Gasteiger partial charge on any atom is -0.467 e. The lowest BCUT2D eigenvalue weighted by atomic mass is 10.0. The molecule has 174 valence electrons. The van der Waals surface area contributed by atoms with Gasteiger partial charge in [0.1, 0.15) is 11.8 Å². The molecule has 2 aliphatic heterocycles. The fourth-order valence-electron chi connectivity index (χ4n) is 3.88. The molecule has 5 rings (SSSR count). The minimum atomic E-state index is -0.471. The second kappa shape index (κ2) is 9.61. The normalized spacial score (nSPS) is 16.4. The van der Waals surface area contributed by atoms with Gasteiger partial charge in [-0.15, -0.1) is 0 Å². The molecule has 2 aromatic carbocycles. The predicted molar refractivity (Wildman–Crippen MR) is 123 cm³/mol. The molecule has 0 fully saturated rings. The molecule has 2 aliphatic rings. The zero-order chi connectivity index (χ0) is 23.5. The maximum absolute atomic E-state index is 12.9. The van der Waals surface area contributed by atoms with E-state index in [0.29, 0.717) is 35.1 Å². The summed E-state index contributed by atoms with van der Waals surface area (Å²) in [6.07, 6.45) is 2.61. The monoisotopic (exact) mass is 480 g/mol. The molecule has 0 N–H and O–H groups in total. The third-order valence-electron chi connectivity index (χ3n) is 5.63. The Balaban J connectivity index is 1.21. The Hall–Kier alpha value is -3.78. The number of hydrogen-bond acceptors (Lipinski definition) is 7. The first kappa shape index (κ1) is 22.0. The topological polar surface area (TPSA) is 90.6 Å². The van der Waals surface area contributed by atoms with Crippen molar-refractivity contribution in [1.82, 2.24) is 5.01 Å². The van der Waals surface area contributed by atoms with E-state index in [1.165, 1.54) is 5.01 Å². The van der Waals surface area contributed by atoms with Gasteiger partial charge in [0.15, 0.2) is 18.1 Å². The number of hydrogen-bond donors (Lipinski definition) is 0. The zero-order valence-corrected chi connectivity index (χ0v) is 18.9. The number of furan rings is 1. The molecule has 3 aromatic rings. The summed E-state index contributed by atoms with van der Waals surface area (Å²) in [6, 6.07) is 15.9. The minimum absolute atomic E-state index is 0.133. The van der Waals surface area contributed by atoms with Gasteiger partial charge in [-0.3, -0.25) is 9.59 Å². The Morgan fingerprint density at radius 3 is 2.71 bits per heavy atom. The molecule has 1 amide bonds. The quantitative estimate of drug-likeness (QED) is 0.462. The van der Waals surface area contributed by atoms with Crippen molar-refractivity contribution in [2.24, 2.45) is 5.10 Å². The number of carbonyl (C=O) groups excluding carboxylic acids is 2. The number of benzene rings is 2. The maximum Gasteiger partial charge on any atom is 0.306 e. The highest BCUT2D eigenvalue weighted by Crippen LogP contribution is 2.34. The molecular weight excluding hydrogens is 460 g/mol. The number of ether oxygens (including phenoxy) is 3. The van der Waals surface area contributed by atoms with Crippen LogP contribution in [-0.4, -0.2) is 36.0 Å². The van der Waals surface area contributed by atoms with Crippen LogP contribution in [0.3, 0.4) is 0 Å². The summed E-state index contributed by atoms with van der Waals surface area (Å²) in [5.74, 6) is 1.05. The molecule has 1 atom stereocenters. The van der Waals surface area contributed by atoms with Gasteiger partial charge < -0.3 is 18.6 Å². The van der Waals surface area contributed by atoms with Gasteiger partial charge in [0, 0.05) is 17.9 Å². The number of amides is 1. The first-order valence-electron chi connectivity index (χ1n) is 10.8. The summed E-state index contributed by atoms with van der Waals surface area (Å²) < 4.78 is 21.4. The van der Waals surface area contributed by atoms with Crippen molar-refractivity contribution in [3.05, 3.63) is 82.8 Å². The van der Waals surface area contributed by atoms with E-state index in [0.717, 1.165) is 16.8 Å². The smallest absolute Gasteiger partial charge is 0.306 e. The Morgan fingerprint density at radius 2 is 1.91 bits per heavy atom. The molecule has 0 bridgehead atoms. The summed E-state index contributed by atoms with van der Waals surface area (Å²) in [7, 11) is 0. The summed E-state index contributed by atoms with van der Waals surface area (Å²) in [5.41, 5.74) is 2.50. The van der Waals surface area contributed by atoms with Crippen LogP contribution in [0.2, 0.25) is 5.02 Å². The van der Waals surface area contributed by atoms with E-state index in [4.69, 9.17) is 30.2 Å². The predicted octanol–water partition coefficient (Wildman–Crippen LogP) is 4.52. The number of fused-ring (bicyclic) bond motifs is 1. The van der Waals surface area contributed by atoms with Gasteiger partial charge in [-0.2, -0.15) is 5.10 Å². The second-order valence-corrected chi connectivity index (χ2v) is 8.31. The third-order valence-corrected chi connectivity index (χ3v) is 5.88. The fraction of sp³-hybridized carbons (Fsp3) is 0.240. The van der Waals surface area contributed by atoms with Crippen molar-refractivity contribution in [3.63, 3.8) is 0 Å². The molecule has 1 aromatic heterocycles. The van der Waals surface area contributed by atoms with Gasteiger partial charge in [-0.05, 0) is 53.9 Å². The van der Waals surface area contributed by atoms with Gasteiger partial charge in [0.05, 0.1) is 12.0 Å². The number of carbonyl (C=O) groups is 2. The molecule has 0 aliphatic carbocycles. The van der Waals surface area contributed by atoms with Crippen LogP contribution in [0, 0.1) is 0 Å². The average molecular weight is 481 g/mol. The number of nitrogens with zero attached hydrogens (tertiary/aromatic N) is 2. The van der Waals surface area contributed by atoms with Gasteiger partial charge in [0.2, 0.25) is 6.79 Å². The average Bonchev–Trinajstić information content (AvgIpc) is 3.61. The van der Waals surface area contributed by atoms with E-state index < -0.39 is 24.5 Å². The lowest BCUT2D eigenvalue weighted by molar-refractivity contribution is -0.152. The molecule has 0 spiro atoms. The Labute approximate surface area is 200 Å². The van der Waals surface area contributed by atoms with Crippen molar-refractivity contribution >= 4 is 29.2 Å². The zero-order valence-electron chi connectivity index (χ0n) is 18.1. The first-order valence-corrected chi connectivity index (χ1v) is 11.2. The number of hydrazone groups is 1. The summed E-state index contributed by atoms with van der Waals surface area (Å²) in [6.45, 7) is -0.213. The molecule has 34 heavy (non-hydrogen) atoms. The third kappa shape index (κ3) is 4.77. The van der Waals surface area contributed by atoms with Crippen LogP contribution in [-0.2, 0) is 20.7 Å². The van der Waals surface area contributed by atoms with E-state index >= 15 is 0 Å². The number of esters is 1. The van der Waals surface area contributed by atoms with E-state index in [2.05, 4.69) is 5.10 Å². The Kier molecular flexibility index (Phi) is 6.22. The Morgan fingerprint density at radius 1 is 1.09 bits per heavy atom. The SMILES string of the molecule is O=C(CCc1ccc2c(c1)OCO2)OCC(=O)N1N=C(c2ccc(Cl)cc2)CC1c1ccco1. The molecule has 0 saturated carbocycles. The van der Waals surface area contributed by atoms with E-state index in [-0.39, 0.29) is 13.2 Å². The van der Waals surface area contributed by atoms with Crippen LogP contribution in [0.4, 0.5) is 0 Å². The van der Waals surface area contributed by atoms with Crippen LogP contribution < -0.4 is 9.47 Å². The Bertz CT molecular complexity index is 1220. The second-order valence-electron chi connectivity index (χ2n) is 7.88. The standard InChI is InChI=1S/C25H21ClN2O6/c26-18-7-5-17(6-8-18)19-13-20(21-2-1-11-31-21)28(27-19)24(29)14-32-25(30)10-4-16-3-9-22-23(12-16)34-15-33-22/h1-3,5-9,11-12,20H,4,10,13-15H2. The lowest BCUT2D eigenvalue weighted by Crippen LogP contribution is -2.31. The van der Waals surface area contributed by atoms with Crippen molar-refractivity contribution in [2.75, 3.05) is 13.4 Å². The molecule has 3 heterocycles. The van der Waals surface area contributed by atoms with Crippen molar-refractivity contribution in [2.45, 2.75) is 25.3 Å². The molecule has 0 saturated heterocycles. The van der Waals surface area contributed by atoms with E-state index in [1.54, 1.807) is 30.5 Å². The van der Waals surface area contributed by atoms with E-state index in [1.807, 2.05) is 30.3 Å². The summed E-state index contributed by atoms with van der Waals surface area (Å²) in [5, 5.41) is 6.45. The molecule has 1 unspecified atom stereocenters. The summed E-state index contributed by atoms with van der Waals surface area (Å²) in [4.78, 5) is 25.2. The van der Waals surface area contributed by atoms with E-state index in [9.17, 15) is 9.59 Å². The number of rotatable bonds is 7. The van der Waals surface area contributed by atoms with Crippen LogP contribution in [0.5, 0.6) is 11.5 Å². The molecule has 0 radical (unpaired) electrons. The van der Waals surface area contributed by atoms with Crippen molar-refractivity contribution < 1.29 is 28.2 Å². The van der Waals surface area contributed by atoms with Crippen LogP contribution >= 0.6 is 11.6 Å². The number of halogens is 1. The van der Waals surface area contributed by atoms with Crippen LogP contribution in [0.15, 0.2) is 70.4 Å². The number of aryl methyl sites for hydroxylation is 1. The van der Waals surface area contributed by atoms with Gasteiger partial charge >= 0.3 is 5.97 Å². The van der Waals surface area contributed by atoms with Crippen molar-refractivity contribution in [1.29, 1.82) is 0 Å². The largest absolute Gasteiger partial charge is 0.467 e. The summed E-state index contributed by atoms with van der Waals surface area (Å²) >= 11 is 5.99.